The molecule has 1 aromatic carbocycles. The molecule has 2 aliphatic heterocycles. The van der Waals surface area contributed by atoms with E-state index < -0.39 is 0 Å². The number of hydrogen-bond acceptors (Lipinski definition) is 3. The van der Waals surface area contributed by atoms with Gasteiger partial charge in [-0.3, -0.25) is 0 Å². The molecule has 2 unspecified atom stereocenters. The van der Waals surface area contributed by atoms with Crippen molar-refractivity contribution >= 4 is 5.69 Å². The number of nitriles is 1. The van der Waals surface area contributed by atoms with Crippen LogP contribution in [0.3, 0.4) is 0 Å². The van der Waals surface area contributed by atoms with E-state index in [9.17, 15) is 5.26 Å². The molecule has 0 saturated carbocycles. The number of aryl methyl sites for hydroxylation is 1. The van der Waals surface area contributed by atoms with E-state index in [4.69, 9.17) is 4.74 Å². The van der Waals surface area contributed by atoms with Gasteiger partial charge in [-0.15, -0.1) is 0 Å². The van der Waals surface area contributed by atoms with E-state index in [1.165, 1.54) is 5.56 Å². The van der Waals surface area contributed by atoms with Crippen molar-refractivity contribution in [3.05, 3.63) is 29.3 Å². The highest BCUT2D eigenvalue weighted by atomic mass is 16.5. The van der Waals surface area contributed by atoms with Crippen LogP contribution in [0.5, 0.6) is 0 Å². The summed E-state index contributed by atoms with van der Waals surface area (Å²) in [7, 11) is 0. The van der Waals surface area contributed by atoms with Crippen molar-refractivity contribution in [1.82, 2.24) is 0 Å². The van der Waals surface area contributed by atoms with Crippen LogP contribution < -0.4 is 4.90 Å². The molecule has 0 amide bonds. The number of hydrogen-bond donors (Lipinski definition) is 0. The Labute approximate surface area is 102 Å². The van der Waals surface area contributed by atoms with Crippen LogP contribution in [0.15, 0.2) is 18.2 Å². The van der Waals surface area contributed by atoms with Crippen molar-refractivity contribution in [2.24, 2.45) is 0 Å². The molecule has 3 nitrogen and oxygen atoms in total. The number of morpholine rings is 1. The van der Waals surface area contributed by atoms with Crippen LogP contribution in [-0.4, -0.2) is 25.3 Å². The van der Waals surface area contributed by atoms with Crippen LogP contribution in [0.2, 0.25) is 0 Å². The lowest BCUT2D eigenvalue weighted by Crippen LogP contribution is -2.43. The normalized spacial score (nSPS) is 26.9. The van der Waals surface area contributed by atoms with E-state index in [0.717, 1.165) is 37.2 Å². The molecule has 0 spiro atoms. The van der Waals surface area contributed by atoms with Gasteiger partial charge in [0.15, 0.2) is 0 Å². The molecule has 3 rings (SSSR count). The Bertz CT molecular complexity index is 466. The maximum atomic E-state index is 9.21. The second kappa shape index (κ2) is 4.05. The van der Waals surface area contributed by atoms with Crippen molar-refractivity contribution in [2.45, 2.75) is 32.0 Å². The molecule has 0 aliphatic carbocycles. The van der Waals surface area contributed by atoms with Gasteiger partial charge in [0, 0.05) is 13.1 Å². The van der Waals surface area contributed by atoms with Gasteiger partial charge in [0.1, 0.15) is 6.07 Å². The average Bonchev–Trinajstić information content (AvgIpc) is 2.68. The average molecular weight is 228 g/mol. The van der Waals surface area contributed by atoms with Gasteiger partial charge in [-0.25, -0.2) is 0 Å². The molecule has 2 heterocycles. The zero-order valence-electron chi connectivity index (χ0n) is 10.0. The number of anilines is 1. The van der Waals surface area contributed by atoms with E-state index in [2.05, 4.69) is 24.0 Å². The largest absolute Gasteiger partial charge is 0.371 e. The lowest BCUT2D eigenvalue weighted by Gasteiger charge is -2.35. The van der Waals surface area contributed by atoms with Gasteiger partial charge >= 0.3 is 0 Å². The molecule has 2 atom stereocenters. The lowest BCUT2D eigenvalue weighted by atomic mass is 10.1. The number of nitrogens with zero attached hydrogens (tertiary/aromatic N) is 2. The van der Waals surface area contributed by atoms with E-state index in [-0.39, 0.29) is 0 Å². The molecule has 17 heavy (non-hydrogen) atoms. The minimum Gasteiger partial charge on any atom is -0.371 e. The second-order valence-electron chi connectivity index (χ2n) is 4.95. The van der Waals surface area contributed by atoms with Gasteiger partial charge in [0.25, 0.3) is 0 Å². The van der Waals surface area contributed by atoms with Crippen molar-refractivity contribution in [2.75, 3.05) is 18.0 Å². The van der Waals surface area contributed by atoms with Crippen molar-refractivity contribution in [1.29, 1.82) is 5.26 Å². The van der Waals surface area contributed by atoms with Gasteiger partial charge in [0.05, 0.1) is 23.5 Å². The van der Waals surface area contributed by atoms with Gasteiger partial charge in [-0.1, -0.05) is 12.1 Å². The molecule has 2 saturated heterocycles. The maximum Gasteiger partial charge on any atom is 0.101 e. The van der Waals surface area contributed by atoms with Crippen molar-refractivity contribution in [3.8, 4) is 6.07 Å². The first-order valence-corrected chi connectivity index (χ1v) is 6.18. The van der Waals surface area contributed by atoms with Gasteiger partial charge in [-0.05, 0) is 31.4 Å². The van der Waals surface area contributed by atoms with Crippen LogP contribution in [0.25, 0.3) is 0 Å². The highest BCUT2D eigenvalue weighted by Gasteiger charge is 2.34. The molecule has 0 N–H and O–H groups in total. The van der Waals surface area contributed by atoms with Gasteiger partial charge in [0.2, 0.25) is 0 Å². The summed E-state index contributed by atoms with van der Waals surface area (Å²) in [5, 5.41) is 9.21. The zero-order chi connectivity index (χ0) is 11.8. The fourth-order valence-electron chi connectivity index (χ4n) is 2.97. The summed E-state index contributed by atoms with van der Waals surface area (Å²) in [6.07, 6.45) is 3.05. The molecule has 2 aliphatic rings. The third kappa shape index (κ3) is 1.79. The Hall–Kier alpha value is -1.53. The van der Waals surface area contributed by atoms with Crippen LogP contribution in [0, 0.1) is 18.3 Å². The summed E-state index contributed by atoms with van der Waals surface area (Å²) in [6.45, 7) is 3.93. The number of para-hydroxylation sites is 1. The third-order valence-electron chi connectivity index (χ3n) is 3.72. The Morgan fingerprint density at radius 1 is 1.29 bits per heavy atom. The van der Waals surface area contributed by atoms with E-state index in [1.807, 2.05) is 12.1 Å². The van der Waals surface area contributed by atoms with E-state index in [1.54, 1.807) is 0 Å². The lowest BCUT2D eigenvalue weighted by molar-refractivity contribution is 0.0304. The van der Waals surface area contributed by atoms with Crippen molar-refractivity contribution in [3.63, 3.8) is 0 Å². The quantitative estimate of drug-likeness (QED) is 0.739. The first-order valence-electron chi connectivity index (χ1n) is 6.18. The Morgan fingerprint density at radius 2 is 2.00 bits per heavy atom. The summed E-state index contributed by atoms with van der Waals surface area (Å²) >= 11 is 0. The molecule has 0 radical (unpaired) electrons. The summed E-state index contributed by atoms with van der Waals surface area (Å²) in [4.78, 5) is 2.33. The molecular weight excluding hydrogens is 212 g/mol. The molecule has 88 valence electrons. The smallest absolute Gasteiger partial charge is 0.101 e. The summed E-state index contributed by atoms with van der Waals surface area (Å²) in [6, 6.07) is 8.23. The predicted octanol–water partition coefficient (Wildman–Crippen LogP) is 2.23. The molecular formula is C14H16N2O. The van der Waals surface area contributed by atoms with Gasteiger partial charge in [-0.2, -0.15) is 5.26 Å². The number of benzene rings is 1. The van der Waals surface area contributed by atoms with Crippen LogP contribution >= 0.6 is 0 Å². The predicted molar refractivity (Wildman–Crippen MR) is 66.0 cm³/mol. The minimum absolute atomic E-state index is 0.361. The van der Waals surface area contributed by atoms with E-state index in [0.29, 0.717) is 12.2 Å². The highest BCUT2D eigenvalue weighted by molar-refractivity contribution is 5.64. The Morgan fingerprint density at radius 3 is 2.65 bits per heavy atom. The SMILES string of the molecule is Cc1cccc(C#N)c1N1CC2CCC(C1)O2. The topological polar surface area (TPSA) is 36.3 Å². The summed E-state index contributed by atoms with van der Waals surface area (Å²) in [5.41, 5.74) is 3.08. The van der Waals surface area contributed by atoms with Gasteiger partial charge < -0.3 is 9.64 Å². The monoisotopic (exact) mass is 228 g/mol. The Balaban J connectivity index is 1.97. The van der Waals surface area contributed by atoms with Crippen molar-refractivity contribution < 1.29 is 4.74 Å². The highest BCUT2D eigenvalue weighted by Crippen LogP contribution is 2.32. The number of rotatable bonds is 1. The maximum absolute atomic E-state index is 9.21. The summed E-state index contributed by atoms with van der Waals surface area (Å²) < 4.78 is 5.84. The molecule has 3 heteroatoms. The van der Waals surface area contributed by atoms with Crippen LogP contribution in [0.1, 0.15) is 24.0 Å². The van der Waals surface area contributed by atoms with Crippen LogP contribution in [0.4, 0.5) is 5.69 Å². The molecule has 0 aromatic heterocycles. The second-order valence-corrected chi connectivity index (χ2v) is 4.95. The fourth-order valence-corrected chi connectivity index (χ4v) is 2.97. The molecule has 1 aromatic rings. The molecule has 2 bridgehead atoms. The number of fused-ring (bicyclic) bond motifs is 2. The number of ether oxygens (including phenoxy) is 1. The Kier molecular flexibility index (Phi) is 2.53. The molecule has 2 fully saturated rings. The fraction of sp³-hybridized carbons (Fsp3) is 0.500. The summed E-state index contributed by atoms with van der Waals surface area (Å²) in [5.74, 6) is 0. The third-order valence-corrected chi connectivity index (χ3v) is 3.72. The first-order chi connectivity index (χ1) is 8.28. The zero-order valence-corrected chi connectivity index (χ0v) is 10.0. The standard InChI is InChI=1S/C14H16N2O/c1-10-3-2-4-11(7-15)14(10)16-8-12-5-6-13(9-16)17-12/h2-4,12-13H,5-6,8-9H2,1H3. The first kappa shape index (κ1) is 10.6. The van der Waals surface area contributed by atoms with Crippen LogP contribution in [-0.2, 0) is 4.74 Å². The minimum atomic E-state index is 0.361. The van der Waals surface area contributed by atoms with E-state index >= 15 is 0 Å².